The molecular formula is C30H35N3O3S. The van der Waals surface area contributed by atoms with Gasteiger partial charge in [-0.15, -0.1) is 17.3 Å². The third-order valence-electron chi connectivity index (χ3n) is 6.73. The molecule has 37 heavy (non-hydrogen) atoms. The average Bonchev–Trinajstić information content (AvgIpc) is 3.56. The SMILES string of the molecule is CC#Cc1cc(-c2ncc(-c3cccc4c3CCC4NOCCN3CCOCC3)s2)ccc1OC(C)C. The van der Waals surface area contributed by atoms with Gasteiger partial charge in [0.1, 0.15) is 10.8 Å². The second-order valence-corrected chi connectivity index (χ2v) is 10.7. The van der Waals surface area contributed by atoms with E-state index >= 15 is 0 Å². The number of hydroxylamine groups is 1. The van der Waals surface area contributed by atoms with Gasteiger partial charge in [0, 0.05) is 31.4 Å². The lowest BCUT2D eigenvalue weighted by Crippen LogP contribution is -2.39. The molecule has 0 spiro atoms. The molecule has 5 rings (SSSR count). The maximum Gasteiger partial charge on any atom is 0.135 e. The lowest BCUT2D eigenvalue weighted by atomic mass is 10.0. The van der Waals surface area contributed by atoms with Gasteiger partial charge >= 0.3 is 0 Å². The standard InChI is InChI=1S/C30H35N3O3S/c1-4-6-22-19-23(9-12-28(22)36-21(2)3)30-31-20-29(37-30)26-8-5-7-25-24(26)10-11-27(25)32-35-18-15-33-13-16-34-17-14-33/h5,7-9,12,19-21,27,32H,10-11,13-18H2,1-3H3. The van der Waals surface area contributed by atoms with Gasteiger partial charge in [0.05, 0.1) is 42.4 Å². The molecule has 1 aliphatic carbocycles. The van der Waals surface area contributed by atoms with Crippen LogP contribution in [-0.2, 0) is 16.0 Å². The molecule has 194 valence electrons. The Labute approximate surface area is 223 Å². The summed E-state index contributed by atoms with van der Waals surface area (Å²) in [6.07, 6.45) is 4.16. The Balaban J connectivity index is 1.28. The highest BCUT2D eigenvalue weighted by molar-refractivity contribution is 7.18. The van der Waals surface area contributed by atoms with Gasteiger partial charge in [-0.2, -0.15) is 5.48 Å². The van der Waals surface area contributed by atoms with E-state index in [9.17, 15) is 0 Å². The van der Waals surface area contributed by atoms with E-state index in [1.165, 1.54) is 21.6 Å². The highest BCUT2D eigenvalue weighted by Crippen LogP contribution is 2.41. The summed E-state index contributed by atoms with van der Waals surface area (Å²) in [6.45, 7) is 11.1. The number of benzene rings is 2. The number of hydrogen-bond acceptors (Lipinski definition) is 7. The van der Waals surface area contributed by atoms with Crippen molar-refractivity contribution in [3.05, 3.63) is 59.3 Å². The first-order valence-electron chi connectivity index (χ1n) is 13.1. The van der Waals surface area contributed by atoms with E-state index in [1.807, 2.05) is 33.0 Å². The maximum absolute atomic E-state index is 5.95. The van der Waals surface area contributed by atoms with Crippen molar-refractivity contribution in [2.24, 2.45) is 0 Å². The second-order valence-electron chi connectivity index (χ2n) is 9.67. The number of aromatic nitrogens is 1. The maximum atomic E-state index is 5.95. The quantitative estimate of drug-likeness (QED) is 0.231. The highest BCUT2D eigenvalue weighted by Gasteiger charge is 2.26. The summed E-state index contributed by atoms with van der Waals surface area (Å²) in [5, 5.41) is 0.988. The molecular weight excluding hydrogens is 482 g/mol. The van der Waals surface area contributed by atoms with E-state index in [0.29, 0.717) is 6.61 Å². The Morgan fingerprint density at radius 2 is 2.08 bits per heavy atom. The molecule has 2 aromatic carbocycles. The predicted molar refractivity (Wildman–Crippen MR) is 149 cm³/mol. The molecule has 1 unspecified atom stereocenters. The highest BCUT2D eigenvalue weighted by atomic mass is 32.1. The normalized spacial score (nSPS) is 17.5. The Bertz CT molecular complexity index is 1270. The summed E-state index contributed by atoms with van der Waals surface area (Å²) in [5.41, 5.74) is 9.28. The Kier molecular flexibility index (Phi) is 8.55. The molecule has 2 heterocycles. The molecule has 6 nitrogen and oxygen atoms in total. The third kappa shape index (κ3) is 6.23. The van der Waals surface area contributed by atoms with E-state index in [0.717, 1.165) is 67.6 Å². The largest absolute Gasteiger partial charge is 0.490 e. The number of ether oxygens (including phenoxy) is 2. The second kappa shape index (κ2) is 12.2. The first-order chi connectivity index (χ1) is 18.1. The van der Waals surface area contributed by atoms with Gasteiger partial charge in [-0.3, -0.25) is 9.74 Å². The van der Waals surface area contributed by atoms with E-state index < -0.39 is 0 Å². The van der Waals surface area contributed by atoms with Gasteiger partial charge in [0.25, 0.3) is 0 Å². The molecule has 1 aromatic heterocycles. The summed E-state index contributed by atoms with van der Waals surface area (Å²) >= 11 is 1.72. The lowest BCUT2D eigenvalue weighted by Gasteiger charge is -2.26. The molecule has 1 N–H and O–H groups in total. The first-order valence-corrected chi connectivity index (χ1v) is 13.9. The number of rotatable bonds is 9. The smallest absolute Gasteiger partial charge is 0.135 e. The van der Waals surface area contributed by atoms with Crippen molar-refractivity contribution in [1.82, 2.24) is 15.4 Å². The van der Waals surface area contributed by atoms with Crippen LogP contribution in [-0.4, -0.2) is 55.4 Å². The molecule has 1 atom stereocenters. The van der Waals surface area contributed by atoms with Crippen LogP contribution in [0.2, 0.25) is 0 Å². The monoisotopic (exact) mass is 517 g/mol. The van der Waals surface area contributed by atoms with Crippen molar-refractivity contribution in [3.63, 3.8) is 0 Å². The summed E-state index contributed by atoms with van der Waals surface area (Å²) in [7, 11) is 0. The van der Waals surface area contributed by atoms with Crippen LogP contribution in [0.4, 0.5) is 0 Å². The molecule has 1 aliphatic heterocycles. The predicted octanol–water partition coefficient (Wildman–Crippen LogP) is 5.48. The van der Waals surface area contributed by atoms with E-state index in [4.69, 9.17) is 19.3 Å². The zero-order valence-corrected chi connectivity index (χ0v) is 22.7. The topological polar surface area (TPSA) is 55.9 Å². The van der Waals surface area contributed by atoms with Crippen molar-refractivity contribution in [2.45, 2.75) is 45.8 Å². The first kappa shape index (κ1) is 25.9. The lowest BCUT2D eigenvalue weighted by molar-refractivity contribution is -0.0169. The van der Waals surface area contributed by atoms with Gasteiger partial charge in [-0.1, -0.05) is 24.1 Å². The summed E-state index contributed by atoms with van der Waals surface area (Å²) in [6, 6.07) is 13.0. The average molecular weight is 518 g/mol. The van der Waals surface area contributed by atoms with Crippen LogP contribution >= 0.6 is 11.3 Å². The van der Waals surface area contributed by atoms with E-state index in [-0.39, 0.29) is 12.1 Å². The molecule has 0 amide bonds. The fraction of sp³-hybridized carbons (Fsp3) is 0.433. The zero-order chi connectivity index (χ0) is 25.6. The van der Waals surface area contributed by atoms with Crippen molar-refractivity contribution in [2.75, 3.05) is 39.5 Å². The Morgan fingerprint density at radius 1 is 1.22 bits per heavy atom. The molecule has 2 aliphatic rings. The van der Waals surface area contributed by atoms with Crippen LogP contribution < -0.4 is 10.2 Å². The van der Waals surface area contributed by atoms with Crippen molar-refractivity contribution in [3.8, 4) is 38.6 Å². The summed E-state index contributed by atoms with van der Waals surface area (Å²) in [4.78, 5) is 14.2. The van der Waals surface area contributed by atoms with Crippen LogP contribution in [0.3, 0.4) is 0 Å². The van der Waals surface area contributed by atoms with Crippen LogP contribution in [0.5, 0.6) is 5.75 Å². The van der Waals surface area contributed by atoms with Gasteiger partial charge in [-0.05, 0) is 68.5 Å². The molecule has 0 bridgehead atoms. The van der Waals surface area contributed by atoms with E-state index in [1.54, 1.807) is 11.3 Å². The number of nitrogens with zero attached hydrogens (tertiary/aromatic N) is 2. The Hall–Kier alpha value is -2.73. The van der Waals surface area contributed by atoms with Crippen molar-refractivity contribution >= 4 is 11.3 Å². The van der Waals surface area contributed by atoms with Gasteiger partial charge in [0.2, 0.25) is 0 Å². The number of hydrogen-bond donors (Lipinski definition) is 1. The fourth-order valence-electron chi connectivity index (χ4n) is 4.95. The van der Waals surface area contributed by atoms with Crippen LogP contribution in [0, 0.1) is 11.8 Å². The Morgan fingerprint density at radius 3 is 2.89 bits per heavy atom. The number of nitrogens with one attached hydrogen (secondary N) is 1. The molecule has 0 saturated carbocycles. The van der Waals surface area contributed by atoms with Gasteiger partial charge in [-0.25, -0.2) is 4.98 Å². The zero-order valence-electron chi connectivity index (χ0n) is 21.9. The van der Waals surface area contributed by atoms with Crippen LogP contribution in [0.1, 0.15) is 49.9 Å². The molecule has 3 aromatic rings. The third-order valence-corrected chi connectivity index (χ3v) is 7.81. The minimum absolute atomic E-state index is 0.100. The minimum atomic E-state index is 0.100. The van der Waals surface area contributed by atoms with Crippen LogP contribution in [0.25, 0.3) is 21.0 Å². The number of morpholine rings is 1. The van der Waals surface area contributed by atoms with Gasteiger partial charge in [0.15, 0.2) is 0 Å². The number of fused-ring (bicyclic) bond motifs is 1. The molecule has 1 saturated heterocycles. The molecule has 1 fully saturated rings. The fourth-order valence-corrected chi connectivity index (χ4v) is 5.92. The minimum Gasteiger partial charge on any atom is -0.490 e. The van der Waals surface area contributed by atoms with E-state index in [2.05, 4.69) is 52.6 Å². The summed E-state index contributed by atoms with van der Waals surface area (Å²) in [5.74, 6) is 7.00. The number of thiazole rings is 1. The van der Waals surface area contributed by atoms with Crippen LogP contribution in [0.15, 0.2) is 42.6 Å². The molecule has 7 heteroatoms. The van der Waals surface area contributed by atoms with Crippen molar-refractivity contribution < 1.29 is 14.3 Å². The van der Waals surface area contributed by atoms with Gasteiger partial charge < -0.3 is 9.47 Å². The molecule has 0 radical (unpaired) electrons. The van der Waals surface area contributed by atoms with Crippen molar-refractivity contribution in [1.29, 1.82) is 0 Å². The summed E-state index contributed by atoms with van der Waals surface area (Å²) < 4.78 is 11.4.